The van der Waals surface area contributed by atoms with Crippen LogP contribution in [0.4, 0.5) is 0 Å². The summed E-state index contributed by atoms with van der Waals surface area (Å²) in [5.41, 5.74) is -0.251. The molecule has 5 heteroatoms. The van der Waals surface area contributed by atoms with Crippen LogP contribution in [0.1, 0.15) is 39.6 Å². The van der Waals surface area contributed by atoms with Gasteiger partial charge in [-0.3, -0.25) is 9.80 Å². The van der Waals surface area contributed by atoms with Crippen molar-refractivity contribution in [1.29, 1.82) is 0 Å². The number of fused-ring (bicyclic) bond motifs is 1. The van der Waals surface area contributed by atoms with Gasteiger partial charge in [0, 0.05) is 0 Å². The van der Waals surface area contributed by atoms with Gasteiger partial charge in [0.05, 0.1) is 23.0 Å². The van der Waals surface area contributed by atoms with Crippen LogP contribution in [0, 0.1) is 5.41 Å². The van der Waals surface area contributed by atoms with E-state index in [0.29, 0.717) is 23.3 Å². The standard InChI is InChI=1S/C18H23N3O2/c1-6-18(5)11-20(18)21-15(14(22)17(2,3)4)19-13-10-8-7-9-12(13)16(21)23/h6-10,14,22H,1,11H2,2-5H3/t14-,18+,20?/m1/s1. The average molecular weight is 313 g/mol. The zero-order chi connectivity index (χ0) is 17.0. The summed E-state index contributed by atoms with van der Waals surface area (Å²) in [7, 11) is 0. The number of hydrogen-bond acceptors (Lipinski definition) is 4. The molecule has 0 spiro atoms. The maximum atomic E-state index is 13.0. The highest BCUT2D eigenvalue weighted by Gasteiger charge is 2.48. The Morgan fingerprint density at radius 1 is 1.39 bits per heavy atom. The Hall–Kier alpha value is -2.14. The van der Waals surface area contributed by atoms with Crippen molar-refractivity contribution in [1.82, 2.24) is 9.66 Å². The Labute approximate surface area is 135 Å². The van der Waals surface area contributed by atoms with Crippen molar-refractivity contribution in [3.05, 3.63) is 53.1 Å². The molecule has 0 amide bonds. The van der Waals surface area contributed by atoms with Gasteiger partial charge in [0.2, 0.25) is 0 Å². The van der Waals surface area contributed by atoms with Crippen LogP contribution in [-0.4, -0.2) is 26.9 Å². The molecule has 0 saturated carbocycles. The minimum Gasteiger partial charge on any atom is -0.385 e. The largest absolute Gasteiger partial charge is 0.385 e. The summed E-state index contributed by atoms with van der Waals surface area (Å²) in [4.78, 5) is 17.6. The predicted octanol–water partition coefficient (Wildman–Crippen LogP) is 2.37. The van der Waals surface area contributed by atoms with Crippen LogP contribution in [0.15, 0.2) is 41.7 Å². The molecule has 2 atom stereocenters. The summed E-state index contributed by atoms with van der Waals surface area (Å²) < 4.78 is 1.53. The molecule has 1 aromatic carbocycles. The maximum absolute atomic E-state index is 13.0. The zero-order valence-corrected chi connectivity index (χ0v) is 14.1. The monoisotopic (exact) mass is 313 g/mol. The molecular weight excluding hydrogens is 290 g/mol. The summed E-state index contributed by atoms with van der Waals surface area (Å²) >= 11 is 0. The quantitative estimate of drug-likeness (QED) is 0.698. The van der Waals surface area contributed by atoms with E-state index in [2.05, 4.69) is 11.6 Å². The number of rotatable bonds is 3. The molecule has 2 heterocycles. The third kappa shape index (κ3) is 2.45. The fourth-order valence-electron chi connectivity index (χ4n) is 2.68. The molecule has 1 aromatic heterocycles. The first-order chi connectivity index (χ1) is 10.7. The lowest BCUT2D eigenvalue weighted by Gasteiger charge is -2.28. The molecule has 1 fully saturated rings. The van der Waals surface area contributed by atoms with Crippen molar-refractivity contribution in [2.75, 3.05) is 11.6 Å². The van der Waals surface area contributed by atoms with Crippen molar-refractivity contribution >= 4 is 10.9 Å². The number of nitrogens with zero attached hydrogens (tertiary/aromatic N) is 3. The fraction of sp³-hybridized carbons (Fsp3) is 0.444. The van der Waals surface area contributed by atoms with Crippen molar-refractivity contribution in [2.24, 2.45) is 5.41 Å². The Morgan fingerprint density at radius 2 is 2.04 bits per heavy atom. The van der Waals surface area contributed by atoms with E-state index in [0.717, 1.165) is 0 Å². The lowest BCUT2D eigenvalue weighted by Crippen LogP contribution is -2.39. The predicted molar refractivity (Wildman–Crippen MR) is 92.1 cm³/mol. The molecular formula is C18H23N3O2. The molecule has 122 valence electrons. The van der Waals surface area contributed by atoms with Crippen LogP contribution in [0.2, 0.25) is 0 Å². The summed E-state index contributed by atoms with van der Waals surface area (Å²) in [5.74, 6) is 0.381. The highest BCUT2D eigenvalue weighted by atomic mass is 16.3. The van der Waals surface area contributed by atoms with Gasteiger partial charge in [0.15, 0.2) is 5.82 Å². The van der Waals surface area contributed by atoms with E-state index >= 15 is 0 Å². The average Bonchev–Trinajstić information content (AvgIpc) is 3.17. The van der Waals surface area contributed by atoms with E-state index in [1.54, 1.807) is 12.1 Å². The summed E-state index contributed by atoms with van der Waals surface area (Å²) in [6.07, 6.45) is 0.969. The molecule has 0 bridgehead atoms. The van der Waals surface area contributed by atoms with Crippen LogP contribution in [0.25, 0.3) is 10.9 Å². The van der Waals surface area contributed by atoms with Gasteiger partial charge in [-0.15, -0.1) is 6.58 Å². The van der Waals surface area contributed by atoms with Gasteiger partial charge in [-0.2, -0.15) is 0 Å². The highest BCUT2D eigenvalue weighted by Crippen LogP contribution is 2.36. The molecule has 1 aliphatic rings. The lowest BCUT2D eigenvalue weighted by molar-refractivity contribution is 0.0511. The summed E-state index contributed by atoms with van der Waals surface area (Å²) in [5, 5.41) is 13.2. The molecule has 1 aliphatic heterocycles. The molecule has 2 aromatic rings. The zero-order valence-electron chi connectivity index (χ0n) is 14.1. The second-order valence-corrected chi connectivity index (χ2v) is 7.49. The van der Waals surface area contributed by atoms with Gasteiger partial charge in [-0.25, -0.2) is 9.66 Å². The maximum Gasteiger partial charge on any atom is 0.280 e. The molecule has 5 nitrogen and oxygen atoms in total. The van der Waals surface area contributed by atoms with E-state index in [9.17, 15) is 9.90 Å². The van der Waals surface area contributed by atoms with Crippen molar-refractivity contribution in [3.8, 4) is 0 Å². The first kappa shape index (κ1) is 15.7. The fourth-order valence-corrected chi connectivity index (χ4v) is 2.68. The van der Waals surface area contributed by atoms with Crippen LogP contribution < -0.4 is 10.6 Å². The molecule has 1 N–H and O–H groups in total. The SMILES string of the molecule is C=C[C@@]1(C)CN1n1c([C@@H](O)C(C)(C)C)nc2ccccc2c1=O. The third-order valence-electron chi connectivity index (χ3n) is 4.48. The Kier molecular flexibility index (Phi) is 3.37. The number of benzene rings is 1. The summed E-state index contributed by atoms with van der Waals surface area (Å²) in [6, 6.07) is 7.24. The smallest absolute Gasteiger partial charge is 0.280 e. The second-order valence-electron chi connectivity index (χ2n) is 7.49. The highest BCUT2D eigenvalue weighted by molar-refractivity contribution is 5.77. The van der Waals surface area contributed by atoms with E-state index in [1.165, 1.54) is 4.68 Å². The molecule has 1 saturated heterocycles. The second kappa shape index (κ2) is 4.93. The molecule has 3 rings (SSSR count). The topological polar surface area (TPSA) is 58.1 Å². The first-order valence-electron chi connectivity index (χ1n) is 7.80. The van der Waals surface area contributed by atoms with Gasteiger partial charge < -0.3 is 5.11 Å². The number of hydrogen-bond donors (Lipinski definition) is 1. The lowest BCUT2D eigenvalue weighted by atomic mass is 9.88. The molecule has 0 aliphatic carbocycles. The van der Waals surface area contributed by atoms with Gasteiger partial charge in [-0.05, 0) is 24.5 Å². The van der Waals surface area contributed by atoms with Crippen molar-refractivity contribution in [2.45, 2.75) is 39.3 Å². The minimum atomic E-state index is -0.852. The number of aromatic nitrogens is 2. The van der Waals surface area contributed by atoms with E-state index in [-0.39, 0.29) is 11.1 Å². The Morgan fingerprint density at radius 3 is 2.61 bits per heavy atom. The number of aliphatic hydroxyl groups is 1. The van der Waals surface area contributed by atoms with E-state index in [1.807, 2.05) is 50.9 Å². The van der Waals surface area contributed by atoms with E-state index in [4.69, 9.17) is 0 Å². The normalized spacial score (nSPS) is 22.2. The molecule has 23 heavy (non-hydrogen) atoms. The third-order valence-corrected chi connectivity index (χ3v) is 4.48. The van der Waals surface area contributed by atoms with Gasteiger partial charge in [0.1, 0.15) is 6.10 Å². The Bertz CT molecular complexity index is 834. The van der Waals surface area contributed by atoms with Crippen molar-refractivity contribution in [3.63, 3.8) is 0 Å². The van der Waals surface area contributed by atoms with Gasteiger partial charge in [-0.1, -0.05) is 39.0 Å². The molecule has 0 radical (unpaired) electrons. The van der Waals surface area contributed by atoms with Crippen LogP contribution in [-0.2, 0) is 0 Å². The minimum absolute atomic E-state index is 0.153. The van der Waals surface area contributed by atoms with Crippen LogP contribution >= 0.6 is 0 Å². The summed E-state index contributed by atoms with van der Waals surface area (Å²) in [6.45, 7) is 12.3. The van der Waals surface area contributed by atoms with Crippen LogP contribution in [0.3, 0.4) is 0 Å². The van der Waals surface area contributed by atoms with Crippen LogP contribution in [0.5, 0.6) is 0 Å². The van der Waals surface area contributed by atoms with E-state index < -0.39 is 11.5 Å². The number of aliphatic hydroxyl groups excluding tert-OH is 1. The van der Waals surface area contributed by atoms with Crippen molar-refractivity contribution < 1.29 is 5.11 Å². The first-order valence-corrected chi connectivity index (χ1v) is 7.80. The van der Waals surface area contributed by atoms with Gasteiger partial charge >= 0.3 is 0 Å². The van der Waals surface area contributed by atoms with Gasteiger partial charge in [0.25, 0.3) is 5.56 Å². The number of para-hydroxylation sites is 1. The molecule has 0 unspecified atom stereocenters. The Balaban J connectivity index is 2.29.